The molecule has 0 aliphatic carbocycles. The molecule has 0 heterocycles. The van der Waals surface area contributed by atoms with Crippen LogP contribution in [0.1, 0.15) is 51.3 Å². The van der Waals surface area contributed by atoms with Gasteiger partial charge in [-0.1, -0.05) is 26.0 Å². The molecule has 1 rings (SSSR count). The molecule has 0 amide bonds. The van der Waals surface area contributed by atoms with Gasteiger partial charge >= 0.3 is 0 Å². The van der Waals surface area contributed by atoms with Gasteiger partial charge in [-0.15, -0.1) is 0 Å². The number of hydrogen-bond donors (Lipinski definition) is 1. The lowest BCUT2D eigenvalue weighted by Crippen LogP contribution is -2.30. The molecule has 0 spiro atoms. The van der Waals surface area contributed by atoms with Crippen LogP contribution in [0.5, 0.6) is 0 Å². The minimum atomic E-state index is -0.118. The summed E-state index contributed by atoms with van der Waals surface area (Å²) in [5.74, 6) is 0.562. The second-order valence-electron chi connectivity index (χ2n) is 5.43. The van der Waals surface area contributed by atoms with Crippen molar-refractivity contribution >= 4 is 0 Å². The van der Waals surface area contributed by atoms with Crippen molar-refractivity contribution in [3.8, 4) is 0 Å². The van der Waals surface area contributed by atoms with Crippen LogP contribution in [0.3, 0.4) is 0 Å². The van der Waals surface area contributed by atoms with Gasteiger partial charge in [0, 0.05) is 12.1 Å². The fourth-order valence-corrected chi connectivity index (χ4v) is 2.18. The smallest absolute Gasteiger partial charge is 0.126 e. The molecule has 0 aliphatic heterocycles. The van der Waals surface area contributed by atoms with Gasteiger partial charge in [0.05, 0.1) is 0 Å². The molecule has 0 bridgehead atoms. The summed E-state index contributed by atoms with van der Waals surface area (Å²) < 4.78 is 13.5. The zero-order valence-electron chi connectivity index (χ0n) is 11.5. The molecule has 17 heavy (non-hydrogen) atoms. The highest BCUT2D eigenvalue weighted by molar-refractivity contribution is 5.25. The van der Waals surface area contributed by atoms with Gasteiger partial charge in [0.15, 0.2) is 0 Å². The first-order chi connectivity index (χ1) is 7.90. The van der Waals surface area contributed by atoms with Crippen molar-refractivity contribution in [2.75, 3.05) is 0 Å². The van der Waals surface area contributed by atoms with Gasteiger partial charge in [0.25, 0.3) is 0 Å². The normalized spacial score (nSPS) is 15.0. The zero-order valence-corrected chi connectivity index (χ0v) is 11.5. The van der Waals surface area contributed by atoms with Crippen LogP contribution in [0.15, 0.2) is 18.2 Å². The van der Waals surface area contributed by atoms with Gasteiger partial charge in [-0.2, -0.15) is 0 Å². The average Bonchev–Trinajstić information content (AvgIpc) is 2.20. The number of aryl methyl sites for hydroxylation is 1. The van der Waals surface area contributed by atoms with Gasteiger partial charge in [0.2, 0.25) is 0 Å². The Morgan fingerprint density at radius 3 is 2.35 bits per heavy atom. The molecule has 2 unspecified atom stereocenters. The van der Waals surface area contributed by atoms with Crippen LogP contribution in [0.4, 0.5) is 4.39 Å². The third-order valence-electron chi connectivity index (χ3n) is 3.06. The van der Waals surface area contributed by atoms with Crippen molar-refractivity contribution in [1.82, 2.24) is 5.32 Å². The van der Waals surface area contributed by atoms with Gasteiger partial charge in [0.1, 0.15) is 5.82 Å². The van der Waals surface area contributed by atoms with E-state index in [0.29, 0.717) is 17.5 Å². The van der Waals surface area contributed by atoms with E-state index in [9.17, 15) is 4.39 Å². The molecule has 2 atom stereocenters. The van der Waals surface area contributed by atoms with Crippen molar-refractivity contribution in [2.45, 2.75) is 53.1 Å². The largest absolute Gasteiger partial charge is 0.308 e. The van der Waals surface area contributed by atoms with Crippen LogP contribution in [0.2, 0.25) is 0 Å². The molecule has 0 aromatic heterocycles. The SMILES string of the molecule is Cc1ccc(C(C)NC(C)CC(C)C)cc1F. The first-order valence-electron chi connectivity index (χ1n) is 6.42. The Kier molecular flexibility index (Phi) is 5.13. The Morgan fingerprint density at radius 2 is 1.82 bits per heavy atom. The van der Waals surface area contributed by atoms with E-state index in [2.05, 4.69) is 33.0 Å². The summed E-state index contributed by atoms with van der Waals surface area (Å²) in [6.45, 7) is 10.5. The molecule has 0 aliphatic rings. The molecule has 1 nitrogen and oxygen atoms in total. The van der Waals surface area contributed by atoms with Crippen LogP contribution >= 0.6 is 0 Å². The fourth-order valence-electron chi connectivity index (χ4n) is 2.18. The van der Waals surface area contributed by atoms with Crippen LogP contribution in [0.25, 0.3) is 0 Å². The summed E-state index contributed by atoms with van der Waals surface area (Å²) in [6.07, 6.45) is 1.14. The highest BCUT2D eigenvalue weighted by Crippen LogP contribution is 2.18. The first kappa shape index (κ1) is 14.2. The van der Waals surface area contributed by atoms with Gasteiger partial charge in [-0.05, 0) is 50.3 Å². The molecular weight excluding hydrogens is 213 g/mol. The van der Waals surface area contributed by atoms with Gasteiger partial charge in [-0.3, -0.25) is 0 Å². The predicted molar refractivity (Wildman–Crippen MR) is 71.6 cm³/mol. The number of benzene rings is 1. The Morgan fingerprint density at radius 1 is 1.18 bits per heavy atom. The summed E-state index contributed by atoms with van der Waals surface area (Å²) in [4.78, 5) is 0. The third kappa shape index (κ3) is 4.47. The topological polar surface area (TPSA) is 12.0 Å². The number of hydrogen-bond acceptors (Lipinski definition) is 1. The third-order valence-corrected chi connectivity index (χ3v) is 3.06. The summed E-state index contributed by atoms with van der Waals surface area (Å²) in [7, 11) is 0. The van der Waals surface area contributed by atoms with E-state index in [1.807, 2.05) is 12.1 Å². The van der Waals surface area contributed by atoms with Crippen LogP contribution in [0, 0.1) is 18.7 Å². The molecule has 2 heteroatoms. The van der Waals surface area contributed by atoms with Gasteiger partial charge < -0.3 is 5.32 Å². The monoisotopic (exact) mass is 237 g/mol. The number of nitrogens with one attached hydrogen (secondary N) is 1. The second kappa shape index (κ2) is 6.15. The Bertz CT molecular complexity index is 360. The predicted octanol–water partition coefficient (Wildman–Crippen LogP) is 4.22. The Hall–Kier alpha value is -0.890. The standard InChI is InChI=1S/C15H24FN/c1-10(2)8-12(4)17-13(5)14-7-6-11(3)15(16)9-14/h6-7,9-10,12-13,17H,8H2,1-5H3. The molecule has 0 saturated heterocycles. The van der Waals surface area contributed by atoms with Crippen molar-refractivity contribution in [3.05, 3.63) is 35.1 Å². The lowest BCUT2D eigenvalue weighted by Gasteiger charge is -2.22. The fraction of sp³-hybridized carbons (Fsp3) is 0.600. The second-order valence-corrected chi connectivity index (χ2v) is 5.43. The van der Waals surface area contributed by atoms with Crippen LogP contribution in [-0.2, 0) is 0 Å². The van der Waals surface area contributed by atoms with Crippen LogP contribution < -0.4 is 5.32 Å². The maximum absolute atomic E-state index is 13.5. The van der Waals surface area contributed by atoms with Crippen molar-refractivity contribution in [2.24, 2.45) is 5.92 Å². The van der Waals surface area contributed by atoms with E-state index in [1.165, 1.54) is 0 Å². The molecule has 1 aromatic carbocycles. The van der Waals surface area contributed by atoms with Crippen molar-refractivity contribution in [3.63, 3.8) is 0 Å². The quantitative estimate of drug-likeness (QED) is 0.808. The summed E-state index contributed by atoms with van der Waals surface area (Å²) in [5, 5.41) is 3.51. The van der Waals surface area contributed by atoms with E-state index in [4.69, 9.17) is 0 Å². The van der Waals surface area contributed by atoms with Crippen molar-refractivity contribution in [1.29, 1.82) is 0 Å². The lowest BCUT2D eigenvalue weighted by atomic mass is 10.0. The molecular formula is C15H24FN. The summed E-state index contributed by atoms with van der Waals surface area (Å²) in [6, 6.07) is 6.12. The highest BCUT2D eigenvalue weighted by Gasteiger charge is 2.11. The highest BCUT2D eigenvalue weighted by atomic mass is 19.1. The molecule has 96 valence electrons. The number of halogens is 1. The molecule has 0 fully saturated rings. The van der Waals surface area contributed by atoms with E-state index in [0.717, 1.165) is 12.0 Å². The minimum Gasteiger partial charge on any atom is -0.308 e. The van der Waals surface area contributed by atoms with Crippen LogP contribution in [-0.4, -0.2) is 6.04 Å². The molecule has 0 saturated carbocycles. The van der Waals surface area contributed by atoms with E-state index < -0.39 is 0 Å². The molecule has 1 aromatic rings. The molecule has 1 N–H and O–H groups in total. The van der Waals surface area contributed by atoms with Crippen molar-refractivity contribution < 1.29 is 4.39 Å². The van der Waals surface area contributed by atoms with Gasteiger partial charge in [-0.25, -0.2) is 4.39 Å². The summed E-state index contributed by atoms with van der Waals surface area (Å²) >= 11 is 0. The number of rotatable bonds is 5. The average molecular weight is 237 g/mol. The minimum absolute atomic E-state index is 0.118. The Labute approximate surface area is 104 Å². The first-order valence-corrected chi connectivity index (χ1v) is 6.42. The molecule has 0 radical (unpaired) electrons. The maximum Gasteiger partial charge on any atom is 0.126 e. The Balaban J connectivity index is 2.63. The van der Waals surface area contributed by atoms with E-state index in [1.54, 1.807) is 13.0 Å². The summed E-state index contributed by atoms with van der Waals surface area (Å²) in [5.41, 5.74) is 1.72. The zero-order chi connectivity index (χ0) is 13.0. The van der Waals surface area contributed by atoms with E-state index in [-0.39, 0.29) is 11.9 Å². The maximum atomic E-state index is 13.5. The van der Waals surface area contributed by atoms with E-state index >= 15 is 0 Å². The lowest BCUT2D eigenvalue weighted by molar-refractivity contribution is 0.406.